The van der Waals surface area contributed by atoms with Gasteiger partial charge in [0.2, 0.25) is 0 Å². The molecule has 2 aliphatic rings. The van der Waals surface area contributed by atoms with Crippen LogP contribution in [-0.4, -0.2) is 44.6 Å². The highest BCUT2D eigenvalue weighted by molar-refractivity contribution is 8.26. The van der Waals surface area contributed by atoms with Gasteiger partial charge in [-0.3, -0.25) is 19.3 Å². The first-order chi connectivity index (χ1) is 11.0. The molecule has 0 radical (unpaired) electrons. The summed E-state index contributed by atoms with van der Waals surface area (Å²) in [7, 11) is 0. The standard InChI is InChI=1S/C15H11NO5S2/c17-10-5-8(21-11-4-2-1-3-9(10)11)6-12-14(20)16(7-13(18)19)15(22)23-12/h1-4,6,8H,5,7H2,(H,18,19)/b12-6+. The normalized spacial score (nSPS) is 22.3. The Hall–Kier alpha value is -2.19. The molecule has 1 atom stereocenters. The summed E-state index contributed by atoms with van der Waals surface area (Å²) >= 11 is 6.04. The molecule has 1 aromatic carbocycles. The predicted molar refractivity (Wildman–Crippen MR) is 87.4 cm³/mol. The van der Waals surface area contributed by atoms with Crippen LogP contribution in [-0.2, 0) is 9.59 Å². The minimum atomic E-state index is -1.14. The number of ketones is 1. The van der Waals surface area contributed by atoms with Crippen LogP contribution in [0.3, 0.4) is 0 Å². The number of thiocarbonyl (C=S) groups is 1. The molecule has 0 spiro atoms. The van der Waals surface area contributed by atoms with Crippen molar-refractivity contribution in [3.8, 4) is 5.75 Å². The van der Waals surface area contributed by atoms with E-state index in [1.807, 2.05) is 0 Å². The maximum atomic E-state index is 12.2. The molecule has 8 heteroatoms. The third-order valence-corrected chi connectivity index (χ3v) is 4.75. The van der Waals surface area contributed by atoms with Gasteiger partial charge in [-0.05, 0) is 18.2 Å². The van der Waals surface area contributed by atoms with Crippen LogP contribution in [0.2, 0.25) is 0 Å². The lowest BCUT2D eigenvalue weighted by Gasteiger charge is -2.23. The van der Waals surface area contributed by atoms with E-state index in [1.54, 1.807) is 24.3 Å². The fraction of sp³-hybridized carbons (Fsp3) is 0.200. The van der Waals surface area contributed by atoms with E-state index in [0.717, 1.165) is 16.7 Å². The molecule has 1 saturated heterocycles. The molecule has 0 aliphatic carbocycles. The first-order valence-corrected chi connectivity index (χ1v) is 7.94. The van der Waals surface area contributed by atoms with Crippen molar-refractivity contribution in [3.05, 3.63) is 40.8 Å². The van der Waals surface area contributed by atoms with Crippen molar-refractivity contribution in [1.82, 2.24) is 4.90 Å². The van der Waals surface area contributed by atoms with E-state index in [4.69, 9.17) is 22.1 Å². The second kappa shape index (κ2) is 6.13. The number of ether oxygens (including phenoxy) is 1. The number of hydrogen-bond acceptors (Lipinski definition) is 6. The quantitative estimate of drug-likeness (QED) is 0.658. The lowest BCUT2D eigenvalue weighted by molar-refractivity contribution is -0.140. The van der Waals surface area contributed by atoms with E-state index < -0.39 is 24.5 Å². The molecule has 3 rings (SSSR count). The van der Waals surface area contributed by atoms with Crippen LogP contribution in [0.5, 0.6) is 5.75 Å². The lowest BCUT2D eigenvalue weighted by atomic mass is 10.0. The third kappa shape index (κ3) is 3.13. The first kappa shape index (κ1) is 15.7. The molecular weight excluding hydrogens is 338 g/mol. The molecule has 1 amide bonds. The number of aliphatic carboxylic acids is 1. The van der Waals surface area contributed by atoms with Crippen LogP contribution < -0.4 is 4.74 Å². The van der Waals surface area contributed by atoms with E-state index >= 15 is 0 Å². The van der Waals surface area contributed by atoms with E-state index in [2.05, 4.69) is 0 Å². The van der Waals surface area contributed by atoms with Crippen molar-refractivity contribution >= 4 is 46.0 Å². The lowest BCUT2D eigenvalue weighted by Crippen LogP contribution is -2.33. The second-order valence-electron chi connectivity index (χ2n) is 4.96. The van der Waals surface area contributed by atoms with E-state index in [9.17, 15) is 14.4 Å². The molecule has 1 aromatic rings. The maximum Gasteiger partial charge on any atom is 0.323 e. The minimum absolute atomic E-state index is 0.0610. The number of carboxylic acid groups (broad SMARTS) is 1. The molecule has 0 bridgehead atoms. The van der Waals surface area contributed by atoms with Crippen LogP contribution in [0.15, 0.2) is 35.2 Å². The largest absolute Gasteiger partial charge is 0.485 e. The maximum absolute atomic E-state index is 12.2. The molecule has 2 aliphatic heterocycles. The number of carbonyl (C=O) groups is 3. The number of para-hydroxylation sites is 1. The molecule has 0 aromatic heterocycles. The van der Waals surface area contributed by atoms with Gasteiger partial charge in [0.25, 0.3) is 5.91 Å². The fourth-order valence-corrected chi connectivity index (χ4v) is 3.62. The van der Waals surface area contributed by atoms with Gasteiger partial charge >= 0.3 is 5.97 Å². The zero-order valence-electron chi connectivity index (χ0n) is 11.7. The van der Waals surface area contributed by atoms with Crippen molar-refractivity contribution in [3.63, 3.8) is 0 Å². The van der Waals surface area contributed by atoms with Crippen LogP contribution in [0.1, 0.15) is 16.8 Å². The summed E-state index contributed by atoms with van der Waals surface area (Å²) in [6.45, 7) is -0.477. The Labute approximate surface area is 141 Å². The summed E-state index contributed by atoms with van der Waals surface area (Å²) in [5, 5.41) is 8.81. The zero-order chi connectivity index (χ0) is 16.6. The van der Waals surface area contributed by atoms with Gasteiger partial charge in [0, 0.05) is 0 Å². The molecule has 23 heavy (non-hydrogen) atoms. The van der Waals surface area contributed by atoms with Crippen molar-refractivity contribution < 1.29 is 24.2 Å². The van der Waals surface area contributed by atoms with Crippen LogP contribution in [0.25, 0.3) is 0 Å². The molecule has 1 fully saturated rings. The molecule has 6 nitrogen and oxygen atoms in total. The van der Waals surface area contributed by atoms with Gasteiger partial charge in [-0.1, -0.05) is 36.1 Å². The number of rotatable bonds is 3. The summed E-state index contributed by atoms with van der Waals surface area (Å²) in [6, 6.07) is 6.92. The number of amides is 1. The summed E-state index contributed by atoms with van der Waals surface area (Å²) in [6.07, 6.45) is 1.09. The van der Waals surface area contributed by atoms with Gasteiger partial charge < -0.3 is 9.84 Å². The zero-order valence-corrected chi connectivity index (χ0v) is 13.4. The Morgan fingerprint density at radius 3 is 2.91 bits per heavy atom. The Bertz CT molecular complexity index is 758. The Kier molecular flexibility index (Phi) is 4.18. The average Bonchev–Trinajstić information content (AvgIpc) is 2.74. The van der Waals surface area contributed by atoms with Gasteiger partial charge in [0.1, 0.15) is 22.7 Å². The van der Waals surface area contributed by atoms with Crippen molar-refractivity contribution in [2.45, 2.75) is 12.5 Å². The van der Waals surface area contributed by atoms with Gasteiger partial charge in [-0.15, -0.1) is 0 Å². The predicted octanol–water partition coefficient (Wildman–Crippen LogP) is 1.85. The van der Waals surface area contributed by atoms with Gasteiger partial charge in [-0.2, -0.15) is 0 Å². The summed E-state index contributed by atoms with van der Waals surface area (Å²) in [4.78, 5) is 36.4. The monoisotopic (exact) mass is 349 g/mol. The second-order valence-corrected chi connectivity index (χ2v) is 6.64. The van der Waals surface area contributed by atoms with Gasteiger partial charge in [0.15, 0.2) is 5.78 Å². The Morgan fingerprint density at radius 2 is 2.17 bits per heavy atom. The average molecular weight is 349 g/mol. The van der Waals surface area contributed by atoms with Gasteiger partial charge in [-0.25, -0.2) is 0 Å². The van der Waals surface area contributed by atoms with Crippen molar-refractivity contribution in [1.29, 1.82) is 0 Å². The van der Waals surface area contributed by atoms with Crippen molar-refractivity contribution in [2.75, 3.05) is 6.54 Å². The highest BCUT2D eigenvalue weighted by Gasteiger charge is 2.35. The highest BCUT2D eigenvalue weighted by Crippen LogP contribution is 2.34. The number of carbonyl (C=O) groups excluding carboxylic acids is 2. The number of thioether (sulfide) groups is 1. The van der Waals surface area contributed by atoms with E-state index in [1.165, 1.54) is 6.08 Å². The number of Topliss-reactive ketones (excluding diaryl/α,β-unsaturated/α-hetero) is 1. The smallest absolute Gasteiger partial charge is 0.323 e. The minimum Gasteiger partial charge on any atom is -0.485 e. The Morgan fingerprint density at radius 1 is 1.43 bits per heavy atom. The SMILES string of the molecule is O=C(O)CN1C(=O)/C(=C\C2CC(=O)c3ccccc3O2)SC1=S. The summed E-state index contributed by atoms with van der Waals surface area (Å²) in [5.41, 5.74) is 0.524. The van der Waals surface area contributed by atoms with E-state index in [-0.39, 0.29) is 21.4 Å². The number of fused-ring (bicyclic) bond motifs is 1. The van der Waals surface area contributed by atoms with Gasteiger partial charge in [0.05, 0.1) is 16.9 Å². The fourth-order valence-electron chi connectivity index (χ4n) is 2.34. The van der Waals surface area contributed by atoms with Crippen molar-refractivity contribution in [2.24, 2.45) is 0 Å². The first-order valence-electron chi connectivity index (χ1n) is 6.72. The molecular formula is C15H11NO5S2. The molecule has 1 unspecified atom stereocenters. The number of carboxylic acids is 1. The topological polar surface area (TPSA) is 83.9 Å². The highest BCUT2D eigenvalue weighted by atomic mass is 32.2. The van der Waals surface area contributed by atoms with Crippen LogP contribution >= 0.6 is 24.0 Å². The third-order valence-electron chi connectivity index (χ3n) is 3.36. The summed E-state index contributed by atoms with van der Waals surface area (Å²) < 4.78 is 5.91. The molecule has 2 heterocycles. The van der Waals surface area contributed by atoms with Crippen LogP contribution in [0, 0.1) is 0 Å². The molecule has 0 saturated carbocycles. The van der Waals surface area contributed by atoms with Crippen LogP contribution in [0.4, 0.5) is 0 Å². The Balaban J connectivity index is 1.81. The molecule has 118 valence electrons. The number of hydrogen-bond donors (Lipinski definition) is 1. The number of nitrogens with zero attached hydrogens (tertiary/aromatic N) is 1. The summed E-state index contributed by atoms with van der Waals surface area (Å²) in [5.74, 6) is -1.20. The van der Waals surface area contributed by atoms with E-state index in [0.29, 0.717) is 11.3 Å². The number of benzene rings is 1. The molecule has 1 N–H and O–H groups in total.